The summed E-state index contributed by atoms with van der Waals surface area (Å²) in [7, 11) is 0. The molecule has 0 aliphatic heterocycles. The van der Waals surface area contributed by atoms with Crippen molar-refractivity contribution in [2.75, 3.05) is 11.5 Å². The predicted octanol–water partition coefficient (Wildman–Crippen LogP) is 2.07. The summed E-state index contributed by atoms with van der Waals surface area (Å²) in [5.41, 5.74) is 13.2. The van der Waals surface area contributed by atoms with Crippen molar-refractivity contribution in [3.63, 3.8) is 0 Å². The molecule has 0 spiro atoms. The highest BCUT2D eigenvalue weighted by Gasteiger charge is 2.04. The third-order valence-electron chi connectivity index (χ3n) is 1.67. The van der Waals surface area contributed by atoms with Crippen LogP contribution in [0.5, 0.6) is 0 Å². The summed E-state index contributed by atoms with van der Waals surface area (Å²) in [5.74, 6) is 0. The van der Waals surface area contributed by atoms with E-state index in [0.717, 1.165) is 12.0 Å². The number of hydrogen-bond donors (Lipinski definition) is 2. The Labute approximate surface area is 71.1 Å². The fourth-order valence-electron chi connectivity index (χ4n) is 0.926. The zero-order valence-corrected chi connectivity index (χ0v) is 7.15. The molecule has 1 aromatic rings. The molecule has 0 saturated heterocycles. The van der Waals surface area contributed by atoms with Gasteiger partial charge in [-0.3, -0.25) is 0 Å². The van der Waals surface area contributed by atoms with E-state index in [4.69, 9.17) is 23.1 Å². The summed E-state index contributed by atoms with van der Waals surface area (Å²) in [6.45, 7) is 2.02. The van der Waals surface area contributed by atoms with Crippen molar-refractivity contribution in [3.05, 3.63) is 22.7 Å². The molecular weight excluding hydrogens is 160 g/mol. The normalized spacial score (nSPS) is 10.0. The molecule has 0 fully saturated rings. The molecular formula is C8H11ClN2. The van der Waals surface area contributed by atoms with Crippen LogP contribution in [0.1, 0.15) is 12.5 Å². The maximum atomic E-state index is 5.89. The van der Waals surface area contributed by atoms with Gasteiger partial charge in [-0.05, 0) is 18.1 Å². The first kappa shape index (κ1) is 8.21. The first-order chi connectivity index (χ1) is 5.16. The standard InChI is InChI=1S/C8H11ClN2/c1-2-5-3-4-6(10)8(11)7(5)9/h3-4H,2,10-11H2,1H3. The minimum Gasteiger partial charge on any atom is -0.397 e. The molecule has 0 atom stereocenters. The van der Waals surface area contributed by atoms with Crippen molar-refractivity contribution in [1.82, 2.24) is 0 Å². The molecule has 0 aromatic heterocycles. The molecule has 0 bridgehead atoms. The lowest BCUT2D eigenvalue weighted by Gasteiger charge is -2.06. The fourth-order valence-corrected chi connectivity index (χ4v) is 1.23. The summed E-state index contributed by atoms with van der Waals surface area (Å²) in [6, 6.07) is 3.67. The maximum Gasteiger partial charge on any atom is 0.0739 e. The summed E-state index contributed by atoms with van der Waals surface area (Å²) < 4.78 is 0. The molecule has 0 unspecified atom stereocenters. The second-order valence-corrected chi connectivity index (χ2v) is 2.77. The van der Waals surface area contributed by atoms with Crippen LogP contribution in [-0.2, 0) is 6.42 Å². The van der Waals surface area contributed by atoms with E-state index in [1.807, 2.05) is 13.0 Å². The minimum atomic E-state index is 0.492. The Kier molecular flexibility index (Phi) is 2.25. The van der Waals surface area contributed by atoms with E-state index in [9.17, 15) is 0 Å². The van der Waals surface area contributed by atoms with Crippen molar-refractivity contribution in [1.29, 1.82) is 0 Å². The van der Waals surface area contributed by atoms with Crippen LogP contribution in [0.15, 0.2) is 12.1 Å². The largest absolute Gasteiger partial charge is 0.397 e. The Balaban J connectivity index is 3.25. The quantitative estimate of drug-likeness (QED) is 0.634. The Morgan fingerprint density at radius 3 is 2.55 bits per heavy atom. The van der Waals surface area contributed by atoms with Gasteiger partial charge in [-0.15, -0.1) is 0 Å². The molecule has 2 nitrogen and oxygen atoms in total. The molecule has 4 N–H and O–H groups in total. The number of aryl methyl sites for hydroxylation is 1. The average Bonchev–Trinajstić information content (AvgIpc) is 2.01. The van der Waals surface area contributed by atoms with Gasteiger partial charge in [-0.2, -0.15) is 0 Å². The minimum absolute atomic E-state index is 0.492. The number of rotatable bonds is 1. The van der Waals surface area contributed by atoms with Crippen LogP contribution in [0.2, 0.25) is 5.02 Å². The second-order valence-electron chi connectivity index (χ2n) is 2.40. The summed E-state index contributed by atoms with van der Waals surface area (Å²) in [5, 5.41) is 0.590. The van der Waals surface area contributed by atoms with Crippen molar-refractivity contribution in [2.45, 2.75) is 13.3 Å². The lowest BCUT2D eigenvalue weighted by atomic mass is 10.1. The van der Waals surface area contributed by atoms with E-state index in [1.54, 1.807) is 6.07 Å². The van der Waals surface area contributed by atoms with Crippen LogP contribution < -0.4 is 11.5 Å². The van der Waals surface area contributed by atoms with Crippen molar-refractivity contribution >= 4 is 23.0 Å². The number of halogens is 1. The van der Waals surface area contributed by atoms with Gasteiger partial charge in [0.1, 0.15) is 0 Å². The van der Waals surface area contributed by atoms with Gasteiger partial charge < -0.3 is 11.5 Å². The van der Waals surface area contributed by atoms with Crippen LogP contribution in [0.3, 0.4) is 0 Å². The smallest absolute Gasteiger partial charge is 0.0739 e. The van der Waals surface area contributed by atoms with Gasteiger partial charge in [0.25, 0.3) is 0 Å². The zero-order chi connectivity index (χ0) is 8.43. The highest BCUT2D eigenvalue weighted by molar-refractivity contribution is 6.34. The summed E-state index contributed by atoms with van der Waals surface area (Å²) >= 11 is 5.89. The van der Waals surface area contributed by atoms with E-state index in [2.05, 4.69) is 0 Å². The number of nitrogen functional groups attached to an aromatic ring is 2. The Morgan fingerprint density at radius 2 is 2.00 bits per heavy atom. The molecule has 0 aliphatic rings. The third kappa shape index (κ3) is 1.40. The lowest BCUT2D eigenvalue weighted by molar-refractivity contribution is 1.14. The molecule has 3 heteroatoms. The van der Waals surface area contributed by atoms with Crippen LogP contribution in [0.25, 0.3) is 0 Å². The number of anilines is 2. The van der Waals surface area contributed by atoms with Gasteiger partial charge in [0.15, 0.2) is 0 Å². The molecule has 0 amide bonds. The Bertz CT molecular complexity index is 271. The molecule has 0 aliphatic carbocycles. The van der Waals surface area contributed by atoms with Crippen molar-refractivity contribution in [3.8, 4) is 0 Å². The molecule has 1 rings (SSSR count). The highest BCUT2D eigenvalue weighted by atomic mass is 35.5. The topological polar surface area (TPSA) is 52.0 Å². The molecule has 0 heterocycles. The number of benzene rings is 1. The number of nitrogens with two attached hydrogens (primary N) is 2. The summed E-state index contributed by atoms with van der Waals surface area (Å²) in [4.78, 5) is 0. The first-order valence-electron chi connectivity index (χ1n) is 3.49. The third-order valence-corrected chi connectivity index (χ3v) is 2.12. The lowest BCUT2D eigenvalue weighted by Crippen LogP contribution is -1.97. The van der Waals surface area contributed by atoms with Crippen LogP contribution >= 0.6 is 11.6 Å². The van der Waals surface area contributed by atoms with E-state index in [1.165, 1.54) is 0 Å². The van der Waals surface area contributed by atoms with Crippen LogP contribution in [-0.4, -0.2) is 0 Å². The first-order valence-corrected chi connectivity index (χ1v) is 3.87. The molecule has 60 valence electrons. The molecule has 11 heavy (non-hydrogen) atoms. The van der Waals surface area contributed by atoms with Crippen molar-refractivity contribution in [2.24, 2.45) is 0 Å². The summed E-state index contributed by atoms with van der Waals surface area (Å²) in [6.07, 6.45) is 0.878. The second kappa shape index (κ2) is 3.01. The maximum absolute atomic E-state index is 5.89. The van der Waals surface area contributed by atoms with Gasteiger partial charge in [-0.25, -0.2) is 0 Å². The predicted molar refractivity (Wildman–Crippen MR) is 49.7 cm³/mol. The van der Waals surface area contributed by atoms with E-state index in [0.29, 0.717) is 16.4 Å². The van der Waals surface area contributed by atoms with Crippen LogP contribution in [0, 0.1) is 0 Å². The zero-order valence-electron chi connectivity index (χ0n) is 6.39. The van der Waals surface area contributed by atoms with E-state index < -0.39 is 0 Å². The van der Waals surface area contributed by atoms with Gasteiger partial charge in [0, 0.05) is 0 Å². The molecule has 1 aromatic carbocycles. The number of hydrogen-bond acceptors (Lipinski definition) is 2. The Hall–Kier alpha value is -0.890. The van der Waals surface area contributed by atoms with Crippen molar-refractivity contribution < 1.29 is 0 Å². The van der Waals surface area contributed by atoms with Crippen LogP contribution in [0.4, 0.5) is 11.4 Å². The molecule has 0 saturated carbocycles. The SMILES string of the molecule is CCc1ccc(N)c(N)c1Cl. The van der Waals surface area contributed by atoms with Gasteiger partial charge >= 0.3 is 0 Å². The Morgan fingerprint density at radius 1 is 1.36 bits per heavy atom. The highest BCUT2D eigenvalue weighted by Crippen LogP contribution is 2.28. The van der Waals surface area contributed by atoms with Gasteiger partial charge in [-0.1, -0.05) is 24.6 Å². The average molecular weight is 171 g/mol. The molecule has 0 radical (unpaired) electrons. The van der Waals surface area contributed by atoms with E-state index >= 15 is 0 Å². The fraction of sp³-hybridized carbons (Fsp3) is 0.250. The van der Waals surface area contributed by atoms with Gasteiger partial charge in [0.05, 0.1) is 16.4 Å². The van der Waals surface area contributed by atoms with E-state index in [-0.39, 0.29) is 0 Å². The van der Waals surface area contributed by atoms with Gasteiger partial charge in [0.2, 0.25) is 0 Å². The monoisotopic (exact) mass is 170 g/mol.